The number of hydrogen-bond acceptors (Lipinski definition) is 5. The summed E-state index contributed by atoms with van der Waals surface area (Å²) in [7, 11) is -2.90. The van der Waals surface area contributed by atoms with Gasteiger partial charge in [0, 0.05) is 13.7 Å². The van der Waals surface area contributed by atoms with Gasteiger partial charge in [0.15, 0.2) is 0 Å². The summed E-state index contributed by atoms with van der Waals surface area (Å²) in [6, 6.07) is 0. The van der Waals surface area contributed by atoms with E-state index in [9.17, 15) is 0 Å². The lowest BCUT2D eigenvalue weighted by molar-refractivity contribution is -1.92. The molecule has 0 unspecified atom stereocenters. The summed E-state index contributed by atoms with van der Waals surface area (Å²) in [5.41, 5.74) is 0. The minimum Gasteiger partial charge on any atom is -0.385 e. The molecule has 0 fully saturated rings. The van der Waals surface area contributed by atoms with Gasteiger partial charge in [0.2, 0.25) is 0 Å². The summed E-state index contributed by atoms with van der Waals surface area (Å²) in [4.78, 5) is 0. The highest BCUT2D eigenvalue weighted by Crippen LogP contribution is 2.13. The van der Waals surface area contributed by atoms with Crippen LogP contribution in [0.1, 0.15) is 110 Å². The van der Waals surface area contributed by atoms with Gasteiger partial charge < -0.3 is 4.74 Å². The van der Waals surface area contributed by atoms with Gasteiger partial charge in [-0.05, 0) is 6.42 Å². The number of ether oxygens (including phenoxy) is 1. The molecule has 0 rings (SSSR count). The van der Waals surface area contributed by atoms with E-state index in [2.05, 4.69) is 6.92 Å². The summed E-state index contributed by atoms with van der Waals surface area (Å²) in [6.07, 6.45) is 22.9. The average molecular weight is 385 g/mol. The first kappa shape index (κ1) is 27.3. The molecule has 0 bridgehead atoms. The number of rotatable bonds is 17. The van der Waals surface area contributed by atoms with E-state index in [1.54, 1.807) is 7.11 Å². The van der Waals surface area contributed by atoms with Crippen molar-refractivity contribution in [2.75, 3.05) is 13.7 Å². The maximum atomic E-state index is 8.60. The molecular weight excluding hydrogens is 344 g/mol. The zero-order valence-corrected chi connectivity index (χ0v) is 17.2. The fraction of sp³-hybridized carbons (Fsp3) is 1.00. The predicted octanol–water partition coefficient (Wildman–Crippen LogP) is 2.77. The van der Waals surface area contributed by atoms with Gasteiger partial charge in [0.25, 0.3) is 0 Å². The molecule has 154 valence electrons. The fourth-order valence-corrected chi connectivity index (χ4v) is 2.79. The highest BCUT2D eigenvalue weighted by molar-refractivity contribution is 4.49. The van der Waals surface area contributed by atoms with Gasteiger partial charge in [-0.1, -0.05) is 103 Å². The summed E-state index contributed by atoms with van der Waals surface area (Å²) < 4.78 is 37.8. The molecule has 0 aliphatic rings. The maximum Gasteiger partial charge on any atom is 0.0777 e. The largest absolute Gasteiger partial charge is 0.385 e. The fourth-order valence-electron chi connectivity index (χ4n) is 2.79. The SMILES string of the molecule is CCCCCCCCCCCCCCCCCCOC.[O-][Cl+3]([O-])([O-])O. The van der Waals surface area contributed by atoms with Crippen molar-refractivity contribution >= 4 is 0 Å². The van der Waals surface area contributed by atoms with Crippen LogP contribution < -0.4 is 14.0 Å². The number of halogens is 1. The Balaban J connectivity index is 0. The maximum absolute atomic E-state index is 8.60. The third-order valence-electron chi connectivity index (χ3n) is 4.20. The molecule has 0 radical (unpaired) electrons. The number of unbranched alkanes of at least 4 members (excludes halogenated alkanes) is 15. The normalized spacial score (nSPS) is 11.3. The van der Waals surface area contributed by atoms with Gasteiger partial charge in [-0.2, -0.15) is 14.0 Å². The van der Waals surface area contributed by atoms with E-state index in [1.807, 2.05) is 0 Å². The highest BCUT2D eigenvalue weighted by atomic mass is 35.7. The van der Waals surface area contributed by atoms with E-state index in [-0.39, 0.29) is 0 Å². The van der Waals surface area contributed by atoms with E-state index in [1.165, 1.54) is 103 Å². The van der Waals surface area contributed by atoms with Crippen LogP contribution in [0.5, 0.6) is 0 Å². The molecule has 0 aromatic rings. The Hall–Kier alpha value is 0.0900. The highest BCUT2D eigenvalue weighted by Gasteiger charge is 1.99. The lowest BCUT2D eigenvalue weighted by atomic mass is 10.0. The molecule has 1 N–H and O–H groups in total. The second-order valence-electron chi connectivity index (χ2n) is 6.69. The Morgan fingerprint density at radius 1 is 0.600 bits per heavy atom. The van der Waals surface area contributed by atoms with Gasteiger partial charge >= 0.3 is 0 Å². The van der Waals surface area contributed by atoms with Crippen LogP contribution in [-0.4, -0.2) is 18.4 Å². The van der Waals surface area contributed by atoms with E-state index in [0.29, 0.717) is 0 Å². The van der Waals surface area contributed by atoms with Crippen LogP contribution in [0.4, 0.5) is 0 Å². The standard InChI is InChI=1S/C19H40O.ClHO4/c1-3-4-5-6-7-8-9-10-11-12-13-14-15-16-17-18-19-20-2;2-1(3,4)5/h3-19H2,1-2H3;(H,2,3,4,5). The number of hydrogen-bond donors (Lipinski definition) is 1. The predicted molar refractivity (Wildman–Crippen MR) is 93.6 cm³/mol. The second kappa shape index (κ2) is 22.1. The average Bonchev–Trinajstić information content (AvgIpc) is 2.53. The Bertz CT molecular complexity index is 210. The van der Waals surface area contributed by atoms with E-state index in [0.717, 1.165) is 6.61 Å². The van der Waals surface area contributed by atoms with Crippen molar-refractivity contribution in [2.45, 2.75) is 110 Å². The van der Waals surface area contributed by atoms with Gasteiger partial charge in [-0.3, -0.25) is 0 Å². The van der Waals surface area contributed by atoms with Crippen molar-refractivity contribution < 1.29 is 33.6 Å². The van der Waals surface area contributed by atoms with Crippen molar-refractivity contribution in [1.29, 1.82) is 0 Å². The zero-order valence-electron chi connectivity index (χ0n) is 16.5. The first-order chi connectivity index (χ1) is 11.9. The quantitative estimate of drug-likeness (QED) is 0.389. The Morgan fingerprint density at radius 2 is 0.840 bits per heavy atom. The van der Waals surface area contributed by atoms with Crippen LogP contribution in [0.2, 0.25) is 0 Å². The molecule has 0 aliphatic carbocycles. The summed E-state index contributed by atoms with van der Waals surface area (Å²) in [5, 5.41) is 0. The Labute approximate surface area is 157 Å². The first-order valence-corrected chi connectivity index (χ1v) is 11.3. The van der Waals surface area contributed by atoms with Gasteiger partial charge in [0.1, 0.15) is 0 Å². The molecule has 0 heterocycles. The van der Waals surface area contributed by atoms with Crippen molar-refractivity contribution in [1.82, 2.24) is 0 Å². The van der Waals surface area contributed by atoms with Crippen LogP contribution in [0.3, 0.4) is 0 Å². The van der Waals surface area contributed by atoms with E-state index >= 15 is 0 Å². The molecule has 0 aromatic heterocycles. The molecule has 0 atom stereocenters. The Morgan fingerprint density at radius 3 is 1.08 bits per heavy atom. The van der Waals surface area contributed by atoms with E-state index < -0.39 is 10.2 Å². The van der Waals surface area contributed by atoms with Gasteiger partial charge in [0.05, 0.1) is 14.9 Å². The van der Waals surface area contributed by atoms with Crippen molar-refractivity contribution in [3.63, 3.8) is 0 Å². The lowest BCUT2D eigenvalue weighted by Gasteiger charge is -2.03. The molecule has 0 amide bonds. The third-order valence-corrected chi connectivity index (χ3v) is 4.20. The summed E-state index contributed by atoms with van der Waals surface area (Å²) >= 11 is 0. The van der Waals surface area contributed by atoms with Crippen LogP contribution in [0.25, 0.3) is 0 Å². The lowest BCUT2D eigenvalue weighted by Crippen LogP contribution is -2.58. The minimum absolute atomic E-state index is 0.943. The van der Waals surface area contributed by atoms with Gasteiger partial charge in [-0.15, -0.1) is 0 Å². The molecule has 0 spiro atoms. The second-order valence-corrected chi connectivity index (χ2v) is 7.48. The monoisotopic (exact) mass is 384 g/mol. The topological polar surface area (TPSA) is 98.6 Å². The van der Waals surface area contributed by atoms with Crippen LogP contribution >= 0.6 is 0 Å². The minimum atomic E-state index is -4.69. The zero-order chi connectivity index (χ0) is 19.2. The molecule has 5 nitrogen and oxygen atoms in total. The summed E-state index contributed by atoms with van der Waals surface area (Å²) in [6.45, 7) is 3.23. The van der Waals surface area contributed by atoms with Gasteiger partial charge in [-0.25, -0.2) is 0 Å². The van der Waals surface area contributed by atoms with Crippen molar-refractivity contribution in [2.24, 2.45) is 0 Å². The Kier molecular flexibility index (Phi) is 24.2. The smallest absolute Gasteiger partial charge is 0.0777 e. The molecule has 0 aliphatic heterocycles. The van der Waals surface area contributed by atoms with Crippen LogP contribution in [0.15, 0.2) is 0 Å². The molecule has 0 saturated carbocycles. The van der Waals surface area contributed by atoms with Crippen molar-refractivity contribution in [3.8, 4) is 0 Å². The molecule has 0 aromatic carbocycles. The molecule has 25 heavy (non-hydrogen) atoms. The first-order valence-electron chi connectivity index (χ1n) is 10.0. The summed E-state index contributed by atoms with van der Waals surface area (Å²) in [5.74, 6) is 0. The van der Waals surface area contributed by atoms with Crippen LogP contribution in [0, 0.1) is 10.2 Å². The van der Waals surface area contributed by atoms with E-state index in [4.69, 9.17) is 23.4 Å². The third kappa shape index (κ3) is 40.2. The number of methoxy groups -OCH3 is 1. The van der Waals surface area contributed by atoms with Crippen molar-refractivity contribution in [3.05, 3.63) is 0 Å². The van der Waals surface area contributed by atoms with Crippen LogP contribution in [-0.2, 0) is 4.74 Å². The molecule has 6 heteroatoms. The molecule has 0 saturated heterocycles. The molecular formula is C19H41ClO5.